The van der Waals surface area contributed by atoms with Crippen molar-refractivity contribution in [2.45, 2.75) is 12.7 Å². The lowest BCUT2D eigenvalue weighted by molar-refractivity contribution is 0.0549. The Balaban J connectivity index is 1.77. The number of rotatable bonds is 3. The molecule has 0 amide bonds. The average molecular weight is 212 g/mol. The average Bonchev–Trinajstić information content (AvgIpc) is 2.13. The first kappa shape index (κ1) is 9.91. The zero-order valence-electron chi connectivity index (χ0n) is 7.80. The van der Waals surface area contributed by atoms with Gasteiger partial charge in [0.25, 0.3) is 0 Å². The fraction of sp³-hybridized carbons (Fsp3) is 0.400. The normalized spacial score (nSPS) is 31.1. The zero-order valence-corrected chi connectivity index (χ0v) is 8.69. The lowest BCUT2D eigenvalue weighted by atomic mass is 10.2. The van der Waals surface area contributed by atoms with Gasteiger partial charge in [0, 0.05) is 0 Å². The summed E-state index contributed by atoms with van der Waals surface area (Å²) in [5.74, 6) is 0. The van der Waals surface area contributed by atoms with E-state index in [0.717, 1.165) is 5.56 Å². The molecule has 0 saturated carbocycles. The third kappa shape index (κ3) is 2.44. The van der Waals surface area contributed by atoms with Gasteiger partial charge in [0.05, 0.1) is 25.0 Å². The maximum atomic E-state index is 11.0. The second kappa shape index (κ2) is 3.85. The van der Waals surface area contributed by atoms with E-state index in [1.54, 1.807) is 0 Å². The molecular formula is C10H13O3P. The van der Waals surface area contributed by atoms with Crippen LogP contribution in [0.5, 0.6) is 0 Å². The highest BCUT2D eigenvalue weighted by Crippen LogP contribution is 2.51. The van der Waals surface area contributed by atoms with Gasteiger partial charge < -0.3 is 9.63 Å². The molecule has 1 saturated heterocycles. The Kier molecular flexibility index (Phi) is 2.73. The van der Waals surface area contributed by atoms with E-state index < -0.39 is 7.37 Å². The van der Waals surface area contributed by atoms with E-state index in [0.29, 0.717) is 18.9 Å². The lowest BCUT2D eigenvalue weighted by Crippen LogP contribution is -2.32. The summed E-state index contributed by atoms with van der Waals surface area (Å²) in [7, 11) is -2.77. The van der Waals surface area contributed by atoms with Gasteiger partial charge in [0.1, 0.15) is 0 Å². The molecule has 0 bridgehead atoms. The summed E-state index contributed by atoms with van der Waals surface area (Å²) in [6, 6.07) is 9.83. The Hall–Kier alpha value is -0.630. The van der Waals surface area contributed by atoms with Crippen LogP contribution in [0.3, 0.4) is 0 Å². The van der Waals surface area contributed by atoms with Crippen LogP contribution < -0.4 is 0 Å². The summed E-state index contributed by atoms with van der Waals surface area (Å²) in [5.41, 5.74) is 1.10. The van der Waals surface area contributed by atoms with Gasteiger partial charge in [-0.25, -0.2) is 0 Å². The minimum atomic E-state index is -2.77. The van der Waals surface area contributed by atoms with E-state index in [-0.39, 0.29) is 6.10 Å². The van der Waals surface area contributed by atoms with Gasteiger partial charge in [-0.2, -0.15) is 0 Å². The molecule has 0 unspecified atom stereocenters. The molecule has 0 radical (unpaired) electrons. The van der Waals surface area contributed by atoms with Crippen LogP contribution in [0.4, 0.5) is 0 Å². The molecule has 3 nitrogen and oxygen atoms in total. The van der Waals surface area contributed by atoms with Gasteiger partial charge in [-0.1, -0.05) is 30.3 Å². The summed E-state index contributed by atoms with van der Waals surface area (Å²) < 4.78 is 16.4. The predicted octanol–water partition coefficient (Wildman–Crippen LogP) is 1.86. The highest BCUT2D eigenvalue weighted by atomic mass is 31.2. The number of ether oxygens (including phenoxy) is 1. The Labute approximate surface area is 83.2 Å². The second-order valence-electron chi connectivity index (χ2n) is 3.63. The summed E-state index contributed by atoms with van der Waals surface area (Å²) in [5, 5.41) is 0. The molecule has 14 heavy (non-hydrogen) atoms. The highest BCUT2D eigenvalue weighted by molar-refractivity contribution is 7.59. The molecule has 0 spiro atoms. The Morgan fingerprint density at radius 1 is 1.36 bits per heavy atom. The van der Waals surface area contributed by atoms with Crippen LogP contribution in [0.1, 0.15) is 5.56 Å². The van der Waals surface area contributed by atoms with Crippen LogP contribution in [0.2, 0.25) is 0 Å². The fourth-order valence-corrected chi connectivity index (χ4v) is 2.85. The molecule has 2 rings (SSSR count). The van der Waals surface area contributed by atoms with Gasteiger partial charge in [-0.05, 0) is 5.56 Å². The van der Waals surface area contributed by atoms with Crippen molar-refractivity contribution in [1.29, 1.82) is 0 Å². The molecule has 4 heteroatoms. The molecule has 76 valence electrons. The van der Waals surface area contributed by atoms with E-state index in [1.165, 1.54) is 0 Å². The Morgan fingerprint density at radius 3 is 2.57 bits per heavy atom. The van der Waals surface area contributed by atoms with Crippen molar-refractivity contribution < 1.29 is 14.2 Å². The Morgan fingerprint density at radius 2 is 2.00 bits per heavy atom. The van der Waals surface area contributed by atoms with E-state index in [1.807, 2.05) is 30.3 Å². The summed E-state index contributed by atoms with van der Waals surface area (Å²) in [4.78, 5) is 9.06. The molecule has 0 atom stereocenters. The van der Waals surface area contributed by atoms with Crippen LogP contribution in [-0.4, -0.2) is 23.3 Å². The molecule has 1 N–H and O–H groups in total. The van der Waals surface area contributed by atoms with Crippen LogP contribution in [0.15, 0.2) is 30.3 Å². The standard InChI is InChI=1S/C10H13O3P/c11-14(12)7-10(8-14)13-6-9-4-2-1-3-5-9/h1-5,10H,6-8H2,(H,11,12). The summed E-state index contributed by atoms with van der Waals surface area (Å²) >= 11 is 0. The zero-order chi connectivity index (χ0) is 10.0. The molecule has 1 aliphatic rings. The SMILES string of the molecule is O=P1(O)CC(OCc2ccccc2)C1. The van der Waals surface area contributed by atoms with Crippen LogP contribution in [0.25, 0.3) is 0 Å². The third-order valence-corrected chi connectivity index (χ3v) is 4.26. The minimum absolute atomic E-state index is 0.0222. The Bertz CT molecular complexity index is 340. The summed E-state index contributed by atoms with van der Waals surface area (Å²) in [6.07, 6.45) is 0.616. The predicted molar refractivity (Wildman–Crippen MR) is 54.6 cm³/mol. The third-order valence-electron chi connectivity index (χ3n) is 2.31. The molecule has 1 fully saturated rings. The minimum Gasteiger partial charge on any atom is -0.372 e. The van der Waals surface area contributed by atoms with Crippen LogP contribution in [0, 0.1) is 0 Å². The topological polar surface area (TPSA) is 46.5 Å². The molecule has 0 aromatic heterocycles. The van der Waals surface area contributed by atoms with Gasteiger partial charge in [0.2, 0.25) is 7.37 Å². The largest absolute Gasteiger partial charge is 0.372 e. The summed E-state index contributed by atoms with van der Waals surface area (Å²) in [6.45, 7) is 0.533. The van der Waals surface area contributed by atoms with Crippen molar-refractivity contribution in [3.63, 3.8) is 0 Å². The van der Waals surface area contributed by atoms with Gasteiger partial charge in [-0.3, -0.25) is 4.57 Å². The van der Waals surface area contributed by atoms with Crippen molar-refractivity contribution in [3.8, 4) is 0 Å². The second-order valence-corrected chi connectivity index (χ2v) is 6.05. The monoisotopic (exact) mass is 212 g/mol. The number of hydrogen-bond acceptors (Lipinski definition) is 2. The van der Waals surface area contributed by atoms with E-state index in [9.17, 15) is 4.57 Å². The molecule has 1 aromatic carbocycles. The lowest BCUT2D eigenvalue weighted by Gasteiger charge is -2.30. The maximum absolute atomic E-state index is 11.0. The molecule has 1 aliphatic heterocycles. The number of benzene rings is 1. The van der Waals surface area contributed by atoms with Gasteiger partial charge in [-0.15, -0.1) is 0 Å². The molecule has 0 aliphatic carbocycles. The van der Waals surface area contributed by atoms with Crippen molar-refractivity contribution in [1.82, 2.24) is 0 Å². The van der Waals surface area contributed by atoms with Crippen molar-refractivity contribution in [3.05, 3.63) is 35.9 Å². The first-order chi connectivity index (χ1) is 6.66. The van der Waals surface area contributed by atoms with Crippen molar-refractivity contribution in [2.75, 3.05) is 12.3 Å². The number of hydrogen-bond donors (Lipinski definition) is 1. The van der Waals surface area contributed by atoms with E-state index in [2.05, 4.69) is 0 Å². The van der Waals surface area contributed by atoms with Gasteiger partial charge in [0.15, 0.2) is 0 Å². The fourth-order valence-electron chi connectivity index (χ4n) is 1.48. The van der Waals surface area contributed by atoms with Crippen LogP contribution in [-0.2, 0) is 15.9 Å². The molecular weight excluding hydrogens is 199 g/mol. The van der Waals surface area contributed by atoms with E-state index in [4.69, 9.17) is 9.63 Å². The molecule has 1 heterocycles. The quantitative estimate of drug-likeness (QED) is 0.778. The van der Waals surface area contributed by atoms with Crippen molar-refractivity contribution in [2.24, 2.45) is 0 Å². The van der Waals surface area contributed by atoms with Gasteiger partial charge >= 0.3 is 0 Å². The molecule has 1 aromatic rings. The maximum Gasteiger partial charge on any atom is 0.205 e. The highest BCUT2D eigenvalue weighted by Gasteiger charge is 2.38. The van der Waals surface area contributed by atoms with E-state index >= 15 is 0 Å². The first-order valence-corrected chi connectivity index (χ1v) is 6.65. The van der Waals surface area contributed by atoms with Crippen molar-refractivity contribution >= 4 is 7.37 Å². The van der Waals surface area contributed by atoms with Crippen LogP contribution >= 0.6 is 7.37 Å². The smallest absolute Gasteiger partial charge is 0.205 e. The first-order valence-electron chi connectivity index (χ1n) is 4.62.